The number of nitrogens with one attached hydrogen (secondary N) is 1. The van der Waals surface area contributed by atoms with Crippen LogP contribution in [-0.4, -0.2) is 14.2 Å². The SMILES string of the molecule is CC(=O)c1ccc(S(=O)(=O)Nc2ccc3c(c2)Cc2ccccc2-3)cc1. The van der Waals surface area contributed by atoms with E-state index in [2.05, 4.69) is 16.9 Å². The summed E-state index contributed by atoms with van der Waals surface area (Å²) in [5.74, 6) is -0.0971. The highest BCUT2D eigenvalue weighted by Gasteiger charge is 2.20. The molecule has 1 aliphatic rings. The molecule has 1 N–H and O–H groups in total. The molecule has 5 heteroatoms. The van der Waals surface area contributed by atoms with Gasteiger partial charge in [-0.3, -0.25) is 9.52 Å². The minimum Gasteiger partial charge on any atom is -0.295 e. The zero-order valence-corrected chi connectivity index (χ0v) is 15.0. The van der Waals surface area contributed by atoms with Crippen LogP contribution in [0, 0.1) is 0 Å². The molecule has 0 radical (unpaired) electrons. The number of ketones is 1. The molecule has 0 heterocycles. The molecule has 0 bridgehead atoms. The van der Waals surface area contributed by atoms with E-state index in [1.807, 2.05) is 24.3 Å². The van der Waals surface area contributed by atoms with Gasteiger partial charge in [0.25, 0.3) is 10.0 Å². The van der Waals surface area contributed by atoms with Crippen molar-refractivity contribution in [2.24, 2.45) is 0 Å². The fourth-order valence-corrected chi connectivity index (χ4v) is 4.34. The molecular weight excluding hydrogens is 346 g/mol. The average molecular weight is 363 g/mol. The van der Waals surface area contributed by atoms with Gasteiger partial charge in [0.1, 0.15) is 0 Å². The molecule has 0 saturated carbocycles. The Labute approximate surface area is 152 Å². The van der Waals surface area contributed by atoms with Crippen LogP contribution in [0.4, 0.5) is 5.69 Å². The van der Waals surface area contributed by atoms with Crippen LogP contribution in [0.3, 0.4) is 0 Å². The maximum atomic E-state index is 12.6. The second-order valence-electron chi connectivity index (χ2n) is 6.39. The number of sulfonamides is 1. The second kappa shape index (κ2) is 6.11. The maximum Gasteiger partial charge on any atom is 0.261 e. The first-order valence-electron chi connectivity index (χ1n) is 8.29. The molecule has 4 nitrogen and oxygen atoms in total. The van der Waals surface area contributed by atoms with Crippen LogP contribution in [0.5, 0.6) is 0 Å². The zero-order valence-electron chi connectivity index (χ0n) is 14.2. The van der Waals surface area contributed by atoms with E-state index in [0.29, 0.717) is 11.3 Å². The Hall–Kier alpha value is -2.92. The van der Waals surface area contributed by atoms with E-state index in [0.717, 1.165) is 17.5 Å². The van der Waals surface area contributed by atoms with Gasteiger partial charge in [-0.1, -0.05) is 42.5 Å². The molecule has 0 saturated heterocycles. The monoisotopic (exact) mass is 363 g/mol. The lowest BCUT2D eigenvalue weighted by Gasteiger charge is -2.10. The van der Waals surface area contributed by atoms with Crippen molar-refractivity contribution in [1.82, 2.24) is 0 Å². The smallest absolute Gasteiger partial charge is 0.261 e. The molecular formula is C21H17NO3S. The zero-order chi connectivity index (χ0) is 18.3. The van der Waals surface area contributed by atoms with Crippen molar-refractivity contribution in [3.63, 3.8) is 0 Å². The highest BCUT2D eigenvalue weighted by Crippen LogP contribution is 2.37. The van der Waals surface area contributed by atoms with Gasteiger partial charge < -0.3 is 0 Å². The normalized spacial score (nSPS) is 12.3. The Morgan fingerprint density at radius 1 is 0.885 bits per heavy atom. The number of hydrogen-bond acceptors (Lipinski definition) is 3. The summed E-state index contributed by atoms with van der Waals surface area (Å²) in [5.41, 5.74) is 5.73. The Balaban J connectivity index is 1.61. The molecule has 130 valence electrons. The van der Waals surface area contributed by atoms with Gasteiger partial charge in [0.05, 0.1) is 4.90 Å². The molecule has 0 fully saturated rings. The quantitative estimate of drug-likeness (QED) is 0.551. The van der Waals surface area contributed by atoms with Crippen molar-refractivity contribution in [2.75, 3.05) is 4.72 Å². The molecule has 0 atom stereocenters. The fourth-order valence-electron chi connectivity index (χ4n) is 3.29. The van der Waals surface area contributed by atoms with Gasteiger partial charge in [-0.05, 0) is 59.9 Å². The molecule has 0 spiro atoms. The number of rotatable bonds is 4. The molecule has 26 heavy (non-hydrogen) atoms. The third-order valence-electron chi connectivity index (χ3n) is 4.62. The minimum atomic E-state index is -3.70. The number of carbonyl (C=O) groups is 1. The van der Waals surface area contributed by atoms with E-state index >= 15 is 0 Å². The van der Waals surface area contributed by atoms with Crippen LogP contribution in [0.2, 0.25) is 0 Å². The van der Waals surface area contributed by atoms with E-state index in [1.165, 1.54) is 42.3 Å². The summed E-state index contributed by atoms with van der Waals surface area (Å²) < 4.78 is 27.8. The van der Waals surface area contributed by atoms with E-state index < -0.39 is 10.0 Å². The van der Waals surface area contributed by atoms with Crippen molar-refractivity contribution < 1.29 is 13.2 Å². The summed E-state index contributed by atoms with van der Waals surface area (Å²) in [6, 6.07) is 19.8. The van der Waals surface area contributed by atoms with Crippen LogP contribution in [0.15, 0.2) is 71.6 Å². The molecule has 4 rings (SSSR count). The summed E-state index contributed by atoms with van der Waals surface area (Å²) in [7, 11) is -3.70. The summed E-state index contributed by atoms with van der Waals surface area (Å²) in [6.45, 7) is 1.45. The summed E-state index contributed by atoms with van der Waals surface area (Å²) in [6.07, 6.45) is 0.800. The van der Waals surface area contributed by atoms with E-state index in [-0.39, 0.29) is 10.7 Å². The lowest BCUT2D eigenvalue weighted by Crippen LogP contribution is -2.13. The van der Waals surface area contributed by atoms with Crippen molar-refractivity contribution >= 4 is 21.5 Å². The number of carbonyl (C=O) groups excluding carboxylic acids is 1. The van der Waals surface area contributed by atoms with Gasteiger partial charge in [-0.15, -0.1) is 0 Å². The van der Waals surface area contributed by atoms with Crippen molar-refractivity contribution in [2.45, 2.75) is 18.2 Å². The first kappa shape index (κ1) is 16.5. The van der Waals surface area contributed by atoms with Crippen LogP contribution in [0.25, 0.3) is 11.1 Å². The third kappa shape index (κ3) is 2.91. The van der Waals surface area contributed by atoms with Gasteiger partial charge in [-0.2, -0.15) is 0 Å². The fraction of sp³-hybridized carbons (Fsp3) is 0.0952. The number of hydrogen-bond donors (Lipinski definition) is 1. The van der Waals surface area contributed by atoms with Crippen molar-refractivity contribution in [3.8, 4) is 11.1 Å². The molecule has 3 aromatic carbocycles. The number of benzene rings is 3. The molecule has 0 unspecified atom stereocenters. The Morgan fingerprint density at radius 3 is 2.31 bits per heavy atom. The standard InChI is InChI=1S/C21H17NO3S/c1-14(23)15-6-9-19(10-7-15)26(24,25)22-18-8-11-21-17(13-18)12-16-4-2-3-5-20(16)21/h2-11,13,22H,12H2,1H3. The number of fused-ring (bicyclic) bond motifs is 3. The van der Waals surface area contributed by atoms with E-state index in [4.69, 9.17) is 0 Å². The van der Waals surface area contributed by atoms with E-state index in [1.54, 1.807) is 6.07 Å². The van der Waals surface area contributed by atoms with Gasteiger partial charge in [0, 0.05) is 11.3 Å². The first-order chi connectivity index (χ1) is 12.4. The minimum absolute atomic E-state index is 0.0971. The molecule has 0 aromatic heterocycles. The van der Waals surface area contributed by atoms with Crippen molar-refractivity contribution in [1.29, 1.82) is 0 Å². The second-order valence-corrected chi connectivity index (χ2v) is 8.07. The lowest BCUT2D eigenvalue weighted by atomic mass is 10.1. The third-order valence-corrected chi connectivity index (χ3v) is 6.01. The first-order valence-corrected chi connectivity index (χ1v) is 9.77. The van der Waals surface area contributed by atoms with E-state index in [9.17, 15) is 13.2 Å². The average Bonchev–Trinajstić information content (AvgIpc) is 2.99. The van der Waals surface area contributed by atoms with Crippen LogP contribution in [-0.2, 0) is 16.4 Å². The topological polar surface area (TPSA) is 63.2 Å². The Bertz CT molecular complexity index is 1120. The molecule has 0 amide bonds. The van der Waals surface area contributed by atoms with Crippen LogP contribution in [0.1, 0.15) is 28.4 Å². The van der Waals surface area contributed by atoms with Gasteiger partial charge in [0.2, 0.25) is 0 Å². The maximum absolute atomic E-state index is 12.6. The predicted molar refractivity (Wildman–Crippen MR) is 102 cm³/mol. The highest BCUT2D eigenvalue weighted by atomic mass is 32.2. The van der Waals surface area contributed by atoms with Gasteiger partial charge in [0.15, 0.2) is 5.78 Å². The summed E-state index contributed by atoms with van der Waals surface area (Å²) in [5, 5.41) is 0. The summed E-state index contributed by atoms with van der Waals surface area (Å²) >= 11 is 0. The largest absolute Gasteiger partial charge is 0.295 e. The highest BCUT2D eigenvalue weighted by molar-refractivity contribution is 7.92. The Kier molecular flexibility index (Phi) is 3.89. The molecule has 0 aliphatic heterocycles. The van der Waals surface area contributed by atoms with Crippen LogP contribution >= 0.6 is 0 Å². The van der Waals surface area contributed by atoms with Gasteiger partial charge >= 0.3 is 0 Å². The number of anilines is 1. The predicted octanol–water partition coefficient (Wildman–Crippen LogP) is 4.26. The lowest BCUT2D eigenvalue weighted by molar-refractivity contribution is 0.101. The molecule has 1 aliphatic carbocycles. The summed E-state index contributed by atoms with van der Waals surface area (Å²) in [4.78, 5) is 11.5. The Morgan fingerprint density at radius 2 is 1.58 bits per heavy atom. The van der Waals surface area contributed by atoms with Crippen molar-refractivity contribution in [3.05, 3.63) is 83.4 Å². The number of Topliss-reactive ketones (excluding diaryl/α,β-unsaturated/α-hetero) is 1. The van der Waals surface area contributed by atoms with Crippen LogP contribution < -0.4 is 4.72 Å². The van der Waals surface area contributed by atoms with Gasteiger partial charge in [-0.25, -0.2) is 8.42 Å². The molecule has 3 aromatic rings.